The average Bonchev–Trinajstić information content (AvgIpc) is 3.47. The van der Waals surface area contributed by atoms with Crippen LogP contribution in [0.1, 0.15) is 50.9 Å². The van der Waals surface area contributed by atoms with Gasteiger partial charge in [0, 0.05) is 18.8 Å². The zero-order valence-electron chi connectivity index (χ0n) is 17.9. The maximum Gasteiger partial charge on any atom is 0.230 e. The number of piperidine rings is 1. The third kappa shape index (κ3) is 5.64. The molecule has 1 amide bonds. The molecule has 2 aliphatic heterocycles. The number of halogens is 1. The summed E-state index contributed by atoms with van der Waals surface area (Å²) in [5.41, 5.74) is 0.799. The Hall–Kier alpha value is -1.97. The van der Waals surface area contributed by atoms with E-state index in [9.17, 15) is 9.18 Å². The first-order chi connectivity index (χ1) is 15.1. The number of amides is 1. The van der Waals surface area contributed by atoms with Crippen LogP contribution in [0.25, 0.3) is 5.69 Å². The van der Waals surface area contributed by atoms with E-state index in [2.05, 4.69) is 27.3 Å². The van der Waals surface area contributed by atoms with Gasteiger partial charge in [0.1, 0.15) is 5.82 Å². The average molecular weight is 448 g/mol. The highest BCUT2D eigenvalue weighted by Gasteiger charge is 2.26. The molecule has 3 heterocycles. The second-order valence-electron chi connectivity index (χ2n) is 8.15. The number of ether oxygens (including phenoxy) is 1. The first-order valence-corrected chi connectivity index (χ1v) is 12.1. The van der Waals surface area contributed by atoms with Gasteiger partial charge in [-0.15, -0.1) is 10.2 Å². The summed E-state index contributed by atoms with van der Waals surface area (Å²) in [4.78, 5) is 14.8. The van der Waals surface area contributed by atoms with Crippen LogP contribution in [0.5, 0.6) is 0 Å². The van der Waals surface area contributed by atoms with Crippen molar-refractivity contribution in [3.8, 4) is 5.69 Å². The number of aromatic nitrogens is 3. The number of nitrogens with zero attached hydrogens (tertiary/aromatic N) is 4. The van der Waals surface area contributed by atoms with E-state index in [1.165, 1.54) is 43.2 Å². The van der Waals surface area contributed by atoms with Crippen LogP contribution in [-0.2, 0) is 9.53 Å². The Morgan fingerprint density at radius 2 is 2.00 bits per heavy atom. The largest absolute Gasteiger partial charge is 0.376 e. The molecule has 2 unspecified atom stereocenters. The zero-order valence-corrected chi connectivity index (χ0v) is 18.7. The molecule has 1 N–H and O–H groups in total. The van der Waals surface area contributed by atoms with E-state index < -0.39 is 0 Å². The molecule has 9 heteroatoms. The van der Waals surface area contributed by atoms with Crippen molar-refractivity contribution in [3.63, 3.8) is 0 Å². The van der Waals surface area contributed by atoms with Crippen LogP contribution in [0.15, 0.2) is 29.4 Å². The van der Waals surface area contributed by atoms with Crippen LogP contribution in [-0.4, -0.2) is 63.7 Å². The number of thioether (sulfide) groups is 1. The molecule has 0 radical (unpaired) electrons. The number of carbonyl (C=O) groups is 1. The lowest BCUT2D eigenvalue weighted by atomic mass is 10.1. The van der Waals surface area contributed by atoms with Crippen molar-refractivity contribution in [3.05, 3.63) is 35.9 Å². The molecule has 2 aromatic rings. The fraction of sp³-hybridized carbons (Fsp3) is 0.591. The van der Waals surface area contributed by atoms with E-state index in [-0.39, 0.29) is 29.6 Å². The summed E-state index contributed by atoms with van der Waals surface area (Å²) in [6, 6.07) is 6.42. The predicted molar refractivity (Wildman–Crippen MR) is 118 cm³/mol. The summed E-state index contributed by atoms with van der Waals surface area (Å²) in [6.45, 7) is 5.52. The second kappa shape index (κ2) is 10.6. The van der Waals surface area contributed by atoms with E-state index >= 15 is 0 Å². The summed E-state index contributed by atoms with van der Waals surface area (Å²) in [7, 11) is 0. The quantitative estimate of drug-likeness (QED) is 0.626. The minimum absolute atomic E-state index is 0.0558. The number of hydrogen-bond donors (Lipinski definition) is 1. The Morgan fingerprint density at radius 3 is 2.71 bits per heavy atom. The highest BCUT2D eigenvalue weighted by molar-refractivity contribution is 7.99. The lowest BCUT2D eigenvalue weighted by molar-refractivity contribution is -0.119. The number of rotatable bonds is 8. The minimum Gasteiger partial charge on any atom is -0.376 e. The van der Waals surface area contributed by atoms with E-state index in [1.807, 2.05) is 4.57 Å². The van der Waals surface area contributed by atoms with Crippen molar-refractivity contribution in [2.75, 3.05) is 32.0 Å². The fourth-order valence-corrected chi connectivity index (χ4v) is 4.95. The van der Waals surface area contributed by atoms with Gasteiger partial charge in [0.2, 0.25) is 5.91 Å². The fourth-order valence-electron chi connectivity index (χ4n) is 4.16. The standard InChI is InChI=1S/C22H30FN5O2S/c1-16(27-11-3-2-4-12-27)21-25-26-22(28(21)18-9-7-17(23)8-10-18)31-15-20(29)24-14-19-6-5-13-30-19/h7-10,16,19H,2-6,11-15H2,1H3,(H,24,29). The molecule has 0 bridgehead atoms. The number of likely N-dealkylation sites (tertiary alicyclic amines) is 1. The van der Waals surface area contributed by atoms with Crippen molar-refractivity contribution < 1.29 is 13.9 Å². The Bertz CT molecular complexity index is 863. The van der Waals surface area contributed by atoms with Gasteiger partial charge in [-0.1, -0.05) is 18.2 Å². The topological polar surface area (TPSA) is 72.3 Å². The lowest BCUT2D eigenvalue weighted by Gasteiger charge is -2.31. The lowest BCUT2D eigenvalue weighted by Crippen LogP contribution is -2.33. The van der Waals surface area contributed by atoms with Gasteiger partial charge in [0.25, 0.3) is 0 Å². The molecule has 2 fully saturated rings. The van der Waals surface area contributed by atoms with Gasteiger partial charge in [-0.2, -0.15) is 0 Å². The summed E-state index contributed by atoms with van der Waals surface area (Å²) in [5, 5.41) is 12.5. The van der Waals surface area contributed by atoms with Crippen molar-refractivity contribution in [1.29, 1.82) is 0 Å². The third-order valence-electron chi connectivity index (χ3n) is 5.94. The highest BCUT2D eigenvalue weighted by Crippen LogP contribution is 2.29. The maximum absolute atomic E-state index is 13.5. The van der Waals surface area contributed by atoms with Gasteiger partial charge in [0.15, 0.2) is 11.0 Å². The van der Waals surface area contributed by atoms with E-state index in [0.29, 0.717) is 11.7 Å². The summed E-state index contributed by atoms with van der Waals surface area (Å²) >= 11 is 1.35. The van der Waals surface area contributed by atoms with E-state index in [0.717, 1.165) is 44.0 Å². The molecular formula is C22H30FN5O2S. The number of benzene rings is 1. The molecule has 31 heavy (non-hydrogen) atoms. The Labute approximate surface area is 186 Å². The van der Waals surface area contributed by atoms with Gasteiger partial charge in [-0.05, 0) is 70.0 Å². The number of nitrogens with one attached hydrogen (secondary N) is 1. The van der Waals surface area contributed by atoms with Crippen LogP contribution in [0.2, 0.25) is 0 Å². The van der Waals surface area contributed by atoms with Crippen LogP contribution in [0, 0.1) is 5.82 Å². The molecule has 0 aliphatic carbocycles. The smallest absolute Gasteiger partial charge is 0.230 e. The first kappa shape index (κ1) is 22.2. The first-order valence-electron chi connectivity index (χ1n) is 11.1. The Morgan fingerprint density at radius 1 is 1.23 bits per heavy atom. The van der Waals surface area contributed by atoms with Gasteiger partial charge in [0.05, 0.1) is 17.9 Å². The molecule has 0 spiro atoms. The SMILES string of the molecule is CC(c1nnc(SCC(=O)NCC2CCCO2)n1-c1ccc(F)cc1)N1CCCCC1. The van der Waals surface area contributed by atoms with Crippen molar-refractivity contribution >= 4 is 17.7 Å². The molecule has 168 valence electrons. The van der Waals surface area contributed by atoms with Crippen molar-refractivity contribution in [2.24, 2.45) is 0 Å². The van der Waals surface area contributed by atoms with Gasteiger partial charge < -0.3 is 10.1 Å². The molecule has 0 saturated carbocycles. The van der Waals surface area contributed by atoms with Gasteiger partial charge in [-0.3, -0.25) is 14.3 Å². The second-order valence-corrected chi connectivity index (χ2v) is 9.10. The predicted octanol–water partition coefficient (Wildman–Crippen LogP) is 3.34. The summed E-state index contributed by atoms with van der Waals surface area (Å²) < 4.78 is 21.0. The van der Waals surface area contributed by atoms with Crippen LogP contribution in [0.3, 0.4) is 0 Å². The van der Waals surface area contributed by atoms with Crippen molar-refractivity contribution in [2.45, 2.75) is 56.3 Å². The summed E-state index contributed by atoms with van der Waals surface area (Å²) in [6.07, 6.45) is 5.78. The Kier molecular flexibility index (Phi) is 7.58. The molecule has 2 aliphatic rings. The summed E-state index contributed by atoms with van der Waals surface area (Å²) in [5.74, 6) is 0.713. The van der Waals surface area contributed by atoms with Crippen LogP contribution < -0.4 is 5.32 Å². The molecular weight excluding hydrogens is 417 g/mol. The third-order valence-corrected chi connectivity index (χ3v) is 6.87. The Balaban J connectivity index is 1.49. The molecule has 1 aromatic carbocycles. The maximum atomic E-state index is 13.5. The van der Waals surface area contributed by atoms with E-state index in [4.69, 9.17) is 4.74 Å². The van der Waals surface area contributed by atoms with E-state index in [1.54, 1.807) is 12.1 Å². The van der Waals surface area contributed by atoms with Gasteiger partial charge in [-0.25, -0.2) is 4.39 Å². The van der Waals surface area contributed by atoms with Crippen molar-refractivity contribution in [1.82, 2.24) is 25.0 Å². The molecule has 2 saturated heterocycles. The molecule has 4 rings (SSSR count). The molecule has 2 atom stereocenters. The molecule has 1 aromatic heterocycles. The highest BCUT2D eigenvalue weighted by atomic mass is 32.2. The number of carbonyl (C=O) groups excluding carboxylic acids is 1. The van der Waals surface area contributed by atoms with Crippen LogP contribution in [0.4, 0.5) is 4.39 Å². The minimum atomic E-state index is -0.287. The molecule has 7 nitrogen and oxygen atoms in total. The van der Waals surface area contributed by atoms with Gasteiger partial charge >= 0.3 is 0 Å². The number of hydrogen-bond acceptors (Lipinski definition) is 6. The van der Waals surface area contributed by atoms with Crippen LogP contribution >= 0.6 is 11.8 Å². The zero-order chi connectivity index (χ0) is 21.6. The monoisotopic (exact) mass is 447 g/mol. The normalized spacial score (nSPS) is 20.6.